The van der Waals surface area contributed by atoms with Gasteiger partial charge in [-0.05, 0) is 18.2 Å². The molecule has 1 amide bonds. The summed E-state index contributed by atoms with van der Waals surface area (Å²) < 4.78 is 39.8. The first-order valence-corrected chi connectivity index (χ1v) is 8.53. The van der Waals surface area contributed by atoms with E-state index in [9.17, 15) is 13.6 Å². The highest BCUT2D eigenvalue weighted by Crippen LogP contribution is 2.31. The Bertz CT molecular complexity index is 1140. The van der Waals surface area contributed by atoms with Gasteiger partial charge in [0.2, 0.25) is 0 Å². The number of hydrogen-bond donors (Lipinski definition) is 0. The third kappa shape index (κ3) is 3.41. The summed E-state index contributed by atoms with van der Waals surface area (Å²) >= 11 is 0.966. The zero-order valence-electron chi connectivity index (χ0n) is 14.5. The van der Waals surface area contributed by atoms with Crippen LogP contribution in [-0.4, -0.2) is 24.7 Å². The molecule has 0 saturated heterocycles. The molecular formula is C19H14F2N2O3S. The smallest absolute Gasteiger partial charge is 0.283 e. The predicted octanol–water partition coefficient (Wildman–Crippen LogP) is 3.37. The second kappa shape index (κ2) is 7.60. The van der Waals surface area contributed by atoms with E-state index < -0.39 is 17.5 Å². The lowest BCUT2D eigenvalue weighted by molar-refractivity contribution is 0.0994. The van der Waals surface area contributed by atoms with Gasteiger partial charge in [0.15, 0.2) is 22.1 Å². The number of halogens is 2. The van der Waals surface area contributed by atoms with E-state index in [1.165, 1.54) is 30.9 Å². The van der Waals surface area contributed by atoms with Crippen molar-refractivity contribution in [1.82, 2.24) is 4.57 Å². The maximum atomic E-state index is 14.2. The van der Waals surface area contributed by atoms with Gasteiger partial charge < -0.3 is 14.0 Å². The molecule has 138 valence electrons. The summed E-state index contributed by atoms with van der Waals surface area (Å²) in [5.41, 5.74) is 0.275. The number of ether oxygens (including phenoxy) is 2. The van der Waals surface area contributed by atoms with Crippen LogP contribution in [0.4, 0.5) is 8.78 Å². The van der Waals surface area contributed by atoms with Crippen LogP contribution >= 0.6 is 11.3 Å². The molecule has 0 bridgehead atoms. The molecule has 2 aromatic carbocycles. The number of terminal acetylenes is 1. The molecule has 3 rings (SSSR count). The van der Waals surface area contributed by atoms with Crippen LogP contribution in [0.25, 0.3) is 10.2 Å². The molecule has 8 heteroatoms. The number of para-hydroxylation sites is 1. The van der Waals surface area contributed by atoms with E-state index >= 15 is 0 Å². The van der Waals surface area contributed by atoms with Gasteiger partial charge in [0, 0.05) is 6.07 Å². The fraction of sp³-hybridized carbons (Fsp3) is 0.158. The maximum absolute atomic E-state index is 14.2. The number of fused-ring (bicyclic) bond motifs is 1. The molecule has 0 saturated carbocycles. The van der Waals surface area contributed by atoms with Gasteiger partial charge in [-0.2, -0.15) is 4.99 Å². The van der Waals surface area contributed by atoms with Crippen molar-refractivity contribution >= 4 is 27.5 Å². The van der Waals surface area contributed by atoms with Crippen molar-refractivity contribution in [3.05, 3.63) is 52.3 Å². The first-order chi connectivity index (χ1) is 13.0. The van der Waals surface area contributed by atoms with E-state index in [-0.39, 0.29) is 28.2 Å². The van der Waals surface area contributed by atoms with Crippen molar-refractivity contribution in [3.63, 3.8) is 0 Å². The molecule has 3 aromatic rings. The highest BCUT2D eigenvalue weighted by Gasteiger charge is 2.18. The zero-order valence-corrected chi connectivity index (χ0v) is 15.3. The Morgan fingerprint density at radius 1 is 1.30 bits per heavy atom. The number of benzene rings is 2. The molecule has 0 radical (unpaired) electrons. The number of carbonyl (C=O) groups excluding carboxylic acids is 1. The van der Waals surface area contributed by atoms with E-state index in [1.807, 2.05) is 0 Å². The number of nitrogens with zero attached hydrogens (tertiary/aromatic N) is 2. The monoisotopic (exact) mass is 388 g/mol. The fourth-order valence-electron chi connectivity index (χ4n) is 2.65. The molecule has 5 nitrogen and oxygen atoms in total. The van der Waals surface area contributed by atoms with Gasteiger partial charge in [0.25, 0.3) is 5.91 Å². The molecule has 1 heterocycles. The van der Waals surface area contributed by atoms with Crippen molar-refractivity contribution in [2.75, 3.05) is 14.2 Å². The van der Waals surface area contributed by atoms with Crippen LogP contribution in [0.15, 0.2) is 35.3 Å². The minimum atomic E-state index is -0.774. The summed E-state index contributed by atoms with van der Waals surface area (Å²) in [6.45, 7) is -0.0239. The number of amides is 1. The van der Waals surface area contributed by atoms with Crippen LogP contribution in [0.1, 0.15) is 10.4 Å². The fourth-order valence-corrected chi connectivity index (χ4v) is 3.72. The van der Waals surface area contributed by atoms with E-state index in [1.54, 1.807) is 12.1 Å². The van der Waals surface area contributed by atoms with Crippen LogP contribution in [0.2, 0.25) is 0 Å². The molecule has 1 aromatic heterocycles. The van der Waals surface area contributed by atoms with E-state index in [4.69, 9.17) is 15.9 Å². The number of thiazole rings is 1. The third-order valence-corrected chi connectivity index (χ3v) is 4.80. The topological polar surface area (TPSA) is 52.8 Å². The zero-order chi connectivity index (χ0) is 19.6. The van der Waals surface area contributed by atoms with Gasteiger partial charge in [0.1, 0.15) is 5.82 Å². The first-order valence-electron chi connectivity index (χ1n) is 7.72. The lowest BCUT2D eigenvalue weighted by Gasteiger charge is -2.09. The molecule has 0 spiro atoms. The van der Waals surface area contributed by atoms with Crippen LogP contribution in [0.3, 0.4) is 0 Å². The number of carbonyl (C=O) groups is 1. The van der Waals surface area contributed by atoms with Gasteiger partial charge in [-0.15, -0.1) is 6.42 Å². The molecular weight excluding hydrogens is 374 g/mol. The van der Waals surface area contributed by atoms with Crippen LogP contribution < -0.4 is 14.3 Å². The predicted molar refractivity (Wildman–Crippen MR) is 98.0 cm³/mol. The summed E-state index contributed by atoms with van der Waals surface area (Å²) in [4.78, 5) is 16.9. The largest absolute Gasteiger partial charge is 0.493 e. The van der Waals surface area contributed by atoms with Crippen molar-refractivity contribution in [1.29, 1.82) is 0 Å². The molecule has 0 aliphatic carbocycles. The van der Waals surface area contributed by atoms with Crippen molar-refractivity contribution in [2.24, 2.45) is 4.99 Å². The van der Waals surface area contributed by atoms with Gasteiger partial charge in [-0.25, -0.2) is 8.78 Å². The minimum Gasteiger partial charge on any atom is -0.493 e. The summed E-state index contributed by atoms with van der Waals surface area (Å²) in [6.07, 6.45) is 5.36. The molecule has 27 heavy (non-hydrogen) atoms. The summed E-state index contributed by atoms with van der Waals surface area (Å²) in [7, 11) is 2.86. The highest BCUT2D eigenvalue weighted by atomic mass is 32.1. The molecule has 0 aliphatic rings. The molecule has 0 N–H and O–H groups in total. The van der Waals surface area contributed by atoms with Crippen LogP contribution in [0.5, 0.6) is 11.5 Å². The summed E-state index contributed by atoms with van der Waals surface area (Å²) in [5, 5.41) is 0. The normalized spacial score (nSPS) is 11.4. The number of hydrogen-bond acceptors (Lipinski definition) is 4. The Morgan fingerprint density at radius 2 is 2.07 bits per heavy atom. The second-order valence-corrected chi connectivity index (χ2v) is 6.38. The number of methoxy groups -OCH3 is 2. The van der Waals surface area contributed by atoms with E-state index in [2.05, 4.69) is 10.9 Å². The Kier molecular flexibility index (Phi) is 5.23. The average molecular weight is 388 g/mol. The number of rotatable bonds is 4. The van der Waals surface area contributed by atoms with Gasteiger partial charge in [-0.1, -0.05) is 23.3 Å². The quantitative estimate of drug-likeness (QED) is 0.644. The molecule has 0 atom stereocenters. The molecule has 0 aliphatic heterocycles. The number of aromatic nitrogens is 1. The average Bonchev–Trinajstić information content (AvgIpc) is 2.98. The standard InChI is InChI=1S/C19H14F2N2O3S/c1-4-8-23-16-13(21)9-11(20)10-15(16)27-19(23)22-18(24)12-6-5-7-14(25-2)17(12)26-3/h1,5-7,9-10H,8H2,2-3H3. The Labute approximate surface area is 157 Å². The minimum absolute atomic E-state index is 0.0239. The van der Waals surface area contributed by atoms with Gasteiger partial charge in [0.05, 0.1) is 36.5 Å². The lowest BCUT2D eigenvalue weighted by atomic mass is 10.2. The van der Waals surface area contributed by atoms with Crippen molar-refractivity contribution < 1.29 is 23.0 Å². The maximum Gasteiger partial charge on any atom is 0.283 e. The van der Waals surface area contributed by atoms with Crippen LogP contribution in [-0.2, 0) is 6.54 Å². The lowest BCUT2D eigenvalue weighted by Crippen LogP contribution is -2.17. The van der Waals surface area contributed by atoms with E-state index in [0.29, 0.717) is 10.4 Å². The SMILES string of the molecule is C#CCn1c(=NC(=O)c2cccc(OC)c2OC)sc2cc(F)cc(F)c21. The highest BCUT2D eigenvalue weighted by molar-refractivity contribution is 7.16. The summed E-state index contributed by atoms with van der Waals surface area (Å²) in [5.74, 6) is 0.882. The Morgan fingerprint density at radius 3 is 2.74 bits per heavy atom. The molecule has 0 unspecified atom stereocenters. The second-order valence-electron chi connectivity index (χ2n) is 5.37. The van der Waals surface area contributed by atoms with Crippen molar-refractivity contribution in [3.8, 4) is 23.8 Å². The Hall–Kier alpha value is -3.18. The Balaban J connectivity index is 2.22. The third-order valence-electron chi connectivity index (χ3n) is 3.78. The van der Waals surface area contributed by atoms with Gasteiger partial charge >= 0.3 is 0 Å². The van der Waals surface area contributed by atoms with Crippen LogP contribution in [0, 0.1) is 24.0 Å². The summed E-state index contributed by atoms with van der Waals surface area (Å²) in [6, 6.07) is 6.74. The van der Waals surface area contributed by atoms with Crippen molar-refractivity contribution in [2.45, 2.75) is 6.54 Å². The molecule has 0 fully saturated rings. The van der Waals surface area contributed by atoms with E-state index in [0.717, 1.165) is 17.4 Å². The first kappa shape index (κ1) is 18.6. The van der Waals surface area contributed by atoms with Gasteiger partial charge in [-0.3, -0.25) is 4.79 Å².